The molecular weight excluding hydrogens is 451 g/mol. The number of piperazine rings is 1. The molecule has 1 aromatic heterocycles. The summed E-state index contributed by atoms with van der Waals surface area (Å²) in [5, 5.41) is 4.32. The first kappa shape index (κ1) is 20.6. The summed E-state index contributed by atoms with van der Waals surface area (Å²) < 4.78 is 21.6. The monoisotopic (exact) mass is 472 g/mol. The van der Waals surface area contributed by atoms with Crippen LogP contribution in [-0.2, 0) is 6.54 Å². The van der Waals surface area contributed by atoms with Crippen molar-refractivity contribution in [3.05, 3.63) is 76.3 Å². The van der Waals surface area contributed by atoms with Crippen molar-refractivity contribution in [2.45, 2.75) is 6.54 Å². The molecule has 0 spiro atoms. The van der Waals surface area contributed by atoms with Gasteiger partial charge in [0.2, 0.25) is 0 Å². The van der Waals surface area contributed by atoms with Crippen LogP contribution in [-0.4, -0.2) is 58.8 Å². The standard InChI is InChI=1S/C22H22BrFN4O2/c1-30-21-7-4-19(24)12-16(21)14-26-8-10-27(11-9-26)22(29)17-13-25-28(15-17)20-5-2-18(23)3-6-20/h2-7,12-13,15H,8-11,14H2,1H3. The smallest absolute Gasteiger partial charge is 0.257 e. The molecule has 4 rings (SSSR count). The van der Waals surface area contributed by atoms with Gasteiger partial charge in [-0.25, -0.2) is 9.07 Å². The third kappa shape index (κ3) is 4.55. The highest BCUT2D eigenvalue weighted by atomic mass is 79.9. The van der Waals surface area contributed by atoms with Gasteiger partial charge in [-0.2, -0.15) is 5.10 Å². The number of methoxy groups -OCH3 is 1. The minimum absolute atomic E-state index is 0.0265. The zero-order valence-electron chi connectivity index (χ0n) is 16.6. The third-order valence-electron chi connectivity index (χ3n) is 5.22. The number of carbonyl (C=O) groups excluding carboxylic acids is 1. The zero-order valence-corrected chi connectivity index (χ0v) is 18.2. The van der Waals surface area contributed by atoms with Gasteiger partial charge in [0.15, 0.2) is 0 Å². The first-order chi connectivity index (χ1) is 14.5. The average Bonchev–Trinajstić information content (AvgIpc) is 3.25. The summed E-state index contributed by atoms with van der Waals surface area (Å²) in [6.07, 6.45) is 3.36. The van der Waals surface area contributed by atoms with Gasteiger partial charge in [0.05, 0.1) is 24.6 Å². The number of benzene rings is 2. The van der Waals surface area contributed by atoms with Crippen LogP contribution in [0.1, 0.15) is 15.9 Å². The quantitative estimate of drug-likeness (QED) is 0.567. The van der Waals surface area contributed by atoms with E-state index in [1.165, 1.54) is 12.1 Å². The highest BCUT2D eigenvalue weighted by Crippen LogP contribution is 2.22. The summed E-state index contributed by atoms with van der Waals surface area (Å²) in [5.41, 5.74) is 2.28. The molecule has 1 aliphatic heterocycles. The van der Waals surface area contributed by atoms with Crippen molar-refractivity contribution in [1.29, 1.82) is 0 Å². The molecule has 156 valence electrons. The Morgan fingerprint density at radius 1 is 1.13 bits per heavy atom. The van der Waals surface area contributed by atoms with E-state index in [1.54, 1.807) is 30.3 Å². The molecule has 8 heteroatoms. The Bertz CT molecular complexity index is 1030. The molecule has 3 aromatic rings. The predicted octanol–water partition coefficient (Wildman–Crippen LogP) is 3.74. The number of halogens is 2. The molecule has 1 saturated heterocycles. The van der Waals surface area contributed by atoms with Crippen molar-refractivity contribution in [2.24, 2.45) is 0 Å². The highest BCUT2D eigenvalue weighted by Gasteiger charge is 2.24. The Morgan fingerprint density at radius 3 is 2.57 bits per heavy atom. The van der Waals surface area contributed by atoms with E-state index in [2.05, 4.69) is 25.9 Å². The topological polar surface area (TPSA) is 50.6 Å². The van der Waals surface area contributed by atoms with E-state index < -0.39 is 0 Å². The number of hydrogen-bond acceptors (Lipinski definition) is 4. The fraction of sp³-hybridized carbons (Fsp3) is 0.273. The van der Waals surface area contributed by atoms with E-state index in [9.17, 15) is 9.18 Å². The number of aromatic nitrogens is 2. The fourth-order valence-corrected chi connectivity index (χ4v) is 3.84. The minimum Gasteiger partial charge on any atom is -0.496 e. The summed E-state index contributed by atoms with van der Waals surface area (Å²) in [4.78, 5) is 16.9. The fourth-order valence-electron chi connectivity index (χ4n) is 3.57. The van der Waals surface area contributed by atoms with Crippen molar-refractivity contribution in [3.8, 4) is 11.4 Å². The molecule has 0 aliphatic carbocycles. The molecular formula is C22H22BrFN4O2. The molecule has 2 heterocycles. The summed E-state index contributed by atoms with van der Waals surface area (Å²) in [6, 6.07) is 12.3. The van der Waals surface area contributed by atoms with E-state index in [0.29, 0.717) is 44.0 Å². The van der Waals surface area contributed by atoms with Gasteiger partial charge in [0.1, 0.15) is 11.6 Å². The lowest BCUT2D eigenvalue weighted by molar-refractivity contribution is 0.0627. The van der Waals surface area contributed by atoms with Crippen LogP contribution in [0.15, 0.2) is 59.3 Å². The Morgan fingerprint density at radius 2 is 1.87 bits per heavy atom. The van der Waals surface area contributed by atoms with Crippen LogP contribution < -0.4 is 4.74 Å². The Kier molecular flexibility index (Phi) is 6.15. The lowest BCUT2D eigenvalue weighted by Crippen LogP contribution is -2.48. The number of carbonyl (C=O) groups is 1. The SMILES string of the molecule is COc1ccc(F)cc1CN1CCN(C(=O)c2cnn(-c3ccc(Br)cc3)c2)CC1. The van der Waals surface area contributed by atoms with Crippen LogP contribution in [0.4, 0.5) is 4.39 Å². The van der Waals surface area contributed by atoms with E-state index in [4.69, 9.17) is 4.74 Å². The van der Waals surface area contributed by atoms with E-state index >= 15 is 0 Å². The van der Waals surface area contributed by atoms with Gasteiger partial charge in [-0.15, -0.1) is 0 Å². The van der Waals surface area contributed by atoms with Crippen LogP contribution in [0.25, 0.3) is 5.69 Å². The minimum atomic E-state index is -0.276. The third-order valence-corrected chi connectivity index (χ3v) is 5.75. The first-order valence-corrected chi connectivity index (χ1v) is 10.5. The Balaban J connectivity index is 1.37. The highest BCUT2D eigenvalue weighted by molar-refractivity contribution is 9.10. The van der Waals surface area contributed by atoms with Crippen molar-refractivity contribution in [1.82, 2.24) is 19.6 Å². The largest absolute Gasteiger partial charge is 0.496 e. The van der Waals surface area contributed by atoms with Crippen LogP contribution in [0.5, 0.6) is 5.75 Å². The summed E-state index contributed by atoms with van der Waals surface area (Å²) >= 11 is 3.42. The van der Waals surface area contributed by atoms with Gasteiger partial charge < -0.3 is 9.64 Å². The number of hydrogen-bond donors (Lipinski definition) is 0. The van der Waals surface area contributed by atoms with Gasteiger partial charge in [-0.1, -0.05) is 15.9 Å². The second-order valence-electron chi connectivity index (χ2n) is 7.17. The molecule has 1 aliphatic rings. The molecule has 0 bridgehead atoms. The molecule has 6 nitrogen and oxygen atoms in total. The molecule has 2 aromatic carbocycles. The summed E-state index contributed by atoms with van der Waals surface area (Å²) in [7, 11) is 1.59. The normalized spacial score (nSPS) is 14.7. The maximum atomic E-state index is 13.6. The predicted molar refractivity (Wildman–Crippen MR) is 115 cm³/mol. The first-order valence-electron chi connectivity index (χ1n) is 9.68. The summed E-state index contributed by atoms with van der Waals surface area (Å²) in [5.74, 6) is 0.374. The van der Waals surface area contributed by atoms with Crippen molar-refractivity contribution >= 4 is 21.8 Å². The molecule has 1 amide bonds. The number of amides is 1. The maximum Gasteiger partial charge on any atom is 0.257 e. The lowest BCUT2D eigenvalue weighted by Gasteiger charge is -2.34. The van der Waals surface area contributed by atoms with E-state index in [-0.39, 0.29) is 11.7 Å². The van der Waals surface area contributed by atoms with Crippen LogP contribution in [0.3, 0.4) is 0 Å². The van der Waals surface area contributed by atoms with E-state index in [1.807, 2.05) is 29.2 Å². The van der Waals surface area contributed by atoms with Crippen molar-refractivity contribution in [2.75, 3.05) is 33.3 Å². The van der Waals surface area contributed by atoms with Gasteiger partial charge in [0.25, 0.3) is 5.91 Å². The van der Waals surface area contributed by atoms with Gasteiger partial charge >= 0.3 is 0 Å². The Hall–Kier alpha value is -2.71. The second kappa shape index (κ2) is 8.97. The van der Waals surface area contributed by atoms with Gasteiger partial charge in [-0.3, -0.25) is 9.69 Å². The molecule has 1 fully saturated rings. The van der Waals surface area contributed by atoms with Crippen LogP contribution >= 0.6 is 15.9 Å². The van der Waals surface area contributed by atoms with Crippen LogP contribution in [0, 0.1) is 5.82 Å². The van der Waals surface area contributed by atoms with E-state index in [0.717, 1.165) is 15.7 Å². The van der Waals surface area contributed by atoms with Crippen molar-refractivity contribution < 1.29 is 13.9 Å². The molecule has 0 N–H and O–H groups in total. The molecule has 0 atom stereocenters. The molecule has 0 unspecified atom stereocenters. The number of rotatable bonds is 5. The second-order valence-corrected chi connectivity index (χ2v) is 8.09. The average molecular weight is 473 g/mol. The van der Waals surface area contributed by atoms with Crippen LogP contribution in [0.2, 0.25) is 0 Å². The lowest BCUT2D eigenvalue weighted by atomic mass is 10.1. The zero-order chi connectivity index (χ0) is 21.1. The number of ether oxygens (including phenoxy) is 1. The maximum absolute atomic E-state index is 13.6. The molecule has 30 heavy (non-hydrogen) atoms. The summed E-state index contributed by atoms with van der Waals surface area (Å²) in [6.45, 7) is 3.24. The number of nitrogens with zero attached hydrogens (tertiary/aromatic N) is 4. The molecule has 0 radical (unpaired) electrons. The Labute approximate surface area is 183 Å². The molecule has 0 saturated carbocycles. The van der Waals surface area contributed by atoms with Crippen molar-refractivity contribution in [3.63, 3.8) is 0 Å². The van der Waals surface area contributed by atoms with Gasteiger partial charge in [0, 0.05) is 49.0 Å². The van der Waals surface area contributed by atoms with Gasteiger partial charge in [-0.05, 0) is 42.5 Å².